The summed E-state index contributed by atoms with van der Waals surface area (Å²) in [6, 6.07) is 4.22. The fourth-order valence-electron chi connectivity index (χ4n) is 3.25. The van der Waals surface area contributed by atoms with E-state index in [-0.39, 0.29) is 11.7 Å². The third-order valence-electron chi connectivity index (χ3n) is 4.51. The Hall–Kier alpha value is -1.09. The van der Waals surface area contributed by atoms with Crippen LogP contribution in [0.3, 0.4) is 0 Å². The lowest BCUT2D eigenvalue weighted by atomic mass is 9.68. The second-order valence-corrected chi connectivity index (χ2v) is 6.44. The van der Waals surface area contributed by atoms with Crippen molar-refractivity contribution in [3.63, 3.8) is 0 Å². The largest absolute Gasteiger partial charge is 0.481 e. The van der Waals surface area contributed by atoms with Crippen molar-refractivity contribution in [2.45, 2.75) is 39.0 Å². The van der Waals surface area contributed by atoms with E-state index in [9.17, 15) is 14.3 Å². The summed E-state index contributed by atoms with van der Waals surface area (Å²) < 4.78 is 13.5. The van der Waals surface area contributed by atoms with Crippen molar-refractivity contribution in [1.82, 2.24) is 0 Å². The van der Waals surface area contributed by atoms with E-state index in [2.05, 4.69) is 13.8 Å². The summed E-state index contributed by atoms with van der Waals surface area (Å²) in [6.45, 7) is 4.30. The van der Waals surface area contributed by atoms with Crippen molar-refractivity contribution in [2.24, 2.45) is 17.8 Å². The Bertz CT molecular complexity index is 501. The van der Waals surface area contributed by atoms with Gasteiger partial charge in [-0.25, -0.2) is 4.39 Å². The molecule has 1 aromatic carbocycles. The standard InChI is InChI=1S/C16H20ClFO2/c1-9(2)10-3-5-12(16(19)20)13(7-10)14-8-11(18)4-6-15(14)17/h4,6,8-10,12-13H,3,5,7H2,1-2H3,(H,19,20). The summed E-state index contributed by atoms with van der Waals surface area (Å²) in [5.74, 6) is -0.867. The van der Waals surface area contributed by atoms with Crippen LogP contribution in [0.25, 0.3) is 0 Å². The van der Waals surface area contributed by atoms with Crippen LogP contribution in [0.15, 0.2) is 18.2 Å². The van der Waals surface area contributed by atoms with Gasteiger partial charge in [0.15, 0.2) is 0 Å². The number of carboxylic acids is 1. The first-order valence-electron chi connectivity index (χ1n) is 7.08. The van der Waals surface area contributed by atoms with Crippen LogP contribution >= 0.6 is 11.6 Å². The van der Waals surface area contributed by atoms with Crippen molar-refractivity contribution in [3.8, 4) is 0 Å². The van der Waals surface area contributed by atoms with Crippen molar-refractivity contribution in [2.75, 3.05) is 0 Å². The van der Waals surface area contributed by atoms with Crippen LogP contribution in [-0.4, -0.2) is 11.1 Å². The van der Waals surface area contributed by atoms with Crippen LogP contribution in [0.4, 0.5) is 4.39 Å². The second-order valence-electron chi connectivity index (χ2n) is 6.03. The minimum Gasteiger partial charge on any atom is -0.481 e. The molecule has 0 heterocycles. The fraction of sp³-hybridized carbons (Fsp3) is 0.562. The normalized spacial score (nSPS) is 26.8. The first-order valence-corrected chi connectivity index (χ1v) is 7.45. The van der Waals surface area contributed by atoms with Gasteiger partial charge in [-0.3, -0.25) is 4.79 Å². The lowest BCUT2D eigenvalue weighted by molar-refractivity contribution is -0.144. The predicted octanol–water partition coefficient (Wildman–Crippen LogP) is 4.72. The van der Waals surface area contributed by atoms with Gasteiger partial charge in [0.25, 0.3) is 0 Å². The van der Waals surface area contributed by atoms with E-state index in [4.69, 9.17) is 11.6 Å². The number of hydrogen-bond acceptors (Lipinski definition) is 1. The molecule has 1 aliphatic rings. The van der Waals surface area contributed by atoms with Crippen LogP contribution in [0.1, 0.15) is 44.6 Å². The smallest absolute Gasteiger partial charge is 0.307 e. The van der Waals surface area contributed by atoms with Gasteiger partial charge in [-0.2, -0.15) is 0 Å². The first-order chi connectivity index (χ1) is 9.40. The van der Waals surface area contributed by atoms with Gasteiger partial charge in [-0.15, -0.1) is 0 Å². The quantitative estimate of drug-likeness (QED) is 0.876. The van der Waals surface area contributed by atoms with Crippen LogP contribution in [0, 0.1) is 23.6 Å². The molecule has 1 saturated carbocycles. The van der Waals surface area contributed by atoms with E-state index in [0.717, 1.165) is 12.8 Å². The molecule has 110 valence electrons. The molecular formula is C16H20ClFO2. The van der Waals surface area contributed by atoms with Crippen molar-refractivity contribution in [3.05, 3.63) is 34.6 Å². The molecule has 2 nitrogen and oxygen atoms in total. The van der Waals surface area contributed by atoms with Crippen LogP contribution < -0.4 is 0 Å². The summed E-state index contributed by atoms with van der Waals surface area (Å²) in [5.41, 5.74) is 0.643. The summed E-state index contributed by atoms with van der Waals surface area (Å²) in [4.78, 5) is 11.5. The Morgan fingerprint density at radius 2 is 2.10 bits per heavy atom. The zero-order chi connectivity index (χ0) is 14.9. The predicted molar refractivity (Wildman–Crippen MR) is 77.5 cm³/mol. The highest BCUT2D eigenvalue weighted by molar-refractivity contribution is 6.31. The molecule has 3 unspecified atom stereocenters. The maximum atomic E-state index is 13.5. The van der Waals surface area contributed by atoms with Crippen LogP contribution in [0.5, 0.6) is 0 Å². The average Bonchev–Trinajstić information content (AvgIpc) is 2.40. The molecule has 0 radical (unpaired) electrons. The van der Waals surface area contributed by atoms with Crippen molar-refractivity contribution in [1.29, 1.82) is 0 Å². The fourth-order valence-corrected chi connectivity index (χ4v) is 3.50. The molecule has 3 atom stereocenters. The highest BCUT2D eigenvalue weighted by Crippen LogP contribution is 2.45. The SMILES string of the molecule is CC(C)C1CCC(C(=O)O)C(c2cc(F)ccc2Cl)C1. The number of hydrogen-bond donors (Lipinski definition) is 1. The lowest BCUT2D eigenvalue weighted by Gasteiger charge is -2.36. The van der Waals surface area contributed by atoms with Gasteiger partial charge in [0.05, 0.1) is 5.92 Å². The molecule has 0 spiro atoms. The molecule has 0 bridgehead atoms. The zero-order valence-corrected chi connectivity index (χ0v) is 12.5. The molecule has 0 amide bonds. The number of benzene rings is 1. The van der Waals surface area contributed by atoms with Crippen molar-refractivity contribution >= 4 is 17.6 Å². The Balaban J connectivity index is 2.36. The number of carboxylic acid groups (broad SMARTS) is 1. The molecule has 0 aliphatic heterocycles. The van der Waals surface area contributed by atoms with Gasteiger partial charge >= 0.3 is 5.97 Å². The Kier molecular flexibility index (Phi) is 4.69. The van der Waals surface area contributed by atoms with Gasteiger partial charge in [-0.05, 0) is 60.8 Å². The summed E-state index contributed by atoms with van der Waals surface area (Å²) >= 11 is 6.17. The van der Waals surface area contributed by atoms with Crippen molar-refractivity contribution < 1.29 is 14.3 Å². The molecule has 1 N–H and O–H groups in total. The molecule has 1 aromatic rings. The highest BCUT2D eigenvalue weighted by atomic mass is 35.5. The number of carbonyl (C=O) groups is 1. The molecule has 1 fully saturated rings. The van der Waals surface area contributed by atoms with Crippen LogP contribution in [0.2, 0.25) is 5.02 Å². The van der Waals surface area contributed by atoms with Gasteiger partial charge in [-0.1, -0.05) is 25.4 Å². The maximum absolute atomic E-state index is 13.5. The van der Waals surface area contributed by atoms with E-state index in [1.165, 1.54) is 18.2 Å². The molecule has 20 heavy (non-hydrogen) atoms. The van der Waals surface area contributed by atoms with E-state index in [1.807, 2.05) is 0 Å². The topological polar surface area (TPSA) is 37.3 Å². The van der Waals surface area contributed by atoms with Gasteiger partial charge in [0.1, 0.15) is 5.82 Å². The Labute approximate surface area is 123 Å². The molecule has 4 heteroatoms. The minimum absolute atomic E-state index is 0.197. The number of rotatable bonds is 3. The van der Waals surface area contributed by atoms with Gasteiger partial charge in [0, 0.05) is 5.02 Å². The number of aliphatic carboxylic acids is 1. The first kappa shape index (κ1) is 15.3. The lowest BCUT2D eigenvalue weighted by Crippen LogP contribution is -2.31. The molecular weight excluding hydrogens is 279 g/mol. The minimum atomic E-state index is -0.808. The van der Waals surface area contributed by atoms with E-state index in [0.29, 0.717) is 28.8 Å². The summed E-state index contributed by atoms with van der Waals surface area (Å²) in [5, 5.41) is 9.88. The molecule has 0 aromatic heterocycles. The molecule has 0 saturated heterocycles. The maximum Gasteiger partial charge on any atom is 0.307 e. The van der Waals surface area contributed by atoms with E-state index < -0.39 is 11.9 Å². The molecule has 2 rings (SSSR count). The average molecular weight is 299 g/mol. The van der Waals surface area contributed by atoms with E-state index >= 15 is 0 Å². The van der Waals surface area contributed by atoms with Crippen LogP contribution in [-0.2, 0) is 4.79 Å². The van der Waals surface area contributed by atoms with Gasteiger partial charge < -0.3 is 5.11 Å². The third kappa shape index (κ3) is 3.14. The monoisotopic (exact) mass is 298 g/mol. The zero-order valence-electron chi connectivity index (χ0n) is 11.8. The second kappa shape index (κ2) is 6.13. The third-order valence-corrected chi connectivity index (χ3v) is 4.85. The number of halogens is 2. The van der Waals surface area contributed by atoms with Gasteiger partial charge in [0.2, 0.25) is 0 Å². The summed E-state index contributed by atoms with van der Waals surface area (Å²) in [7, 11) is 0. The Morgan fingerprint density at radius 3 is 2.70 bits per heavy atom. The van der Waals surface area contributed by atoms with E-state index in [1.54, 1.807) is 0 Å². The summed E-state index contributed by atoms with van der Waals surface area (Å²) in [6.07, 6.45) is 2.31. The Morgan fingerprint density at radius 1 is 1.40 bits per heavy atom. The highest BCUT2D eigenvalue weighted by Gasteiger charge is 2.37. The molecule has 1 aliphatic carbocycles.